The zero-order valence-corrected chi connectivity index (χ0v) is 18.0. The smallest absolute Gasteiger partial charge is 0.201 e. The normalized spacial score (nSPS) is 14.8. The number of hydrogen-bond acceptors (Lipinski definition) is 4. The summed E-state index contributed by atoms with van der Waals surface area (Å²) >= 11 is 0. The fourth-order valence-electron chi connectivity index (χ4n) is 4.70. The highest BCUT2D eigenvalue weighted by molar-refractivity contribution is 5.96. The Morgan fingerprint density at radius 2 is 1.67 bits per heavy atom. The summed E-state index contributed by atoms with van der Waals surface area (Å²) in [5.74, 6) is 0.551. The molecular formula is C28H23N3O2. The predicted molar refractivity (Wildman–Crippen MR) is 131 cm³/mol. The Morgan fingerprint density at radius 3 is 2.33 bits per heavy atom. The Kier molecular flexibility index (Phi) is 4.52. The standard InChI is InChI=1S/C28H23N3O2/c29-28(15-5-16-28)20-12-10-18(11-13-20)24-25(32)22-9-4-8-21(23-14-17-30-31-23)27(22)33-26(24)19-6-2-1-3-7-19/h1-4,6-14,17H,5,15-16,29H2,(H,30,31). The third-order valence-electron chi connectivity index (χ3n) is 6.72. The maximum atomic E-state index is 13.9. The Bertz CT molecular complexity index is 1500. The number of nitrogens with zero attached hydrogens (tertiary/aromatic N) is 1. The van der Waals surface area contributed by atoms with E-state index in [4.69, 9.17) is 10.2 Å². The van der Waals surface area contributed by atoms with Gasteiger partial charge in [-0.15, -0.1) is 0 Å². The largest absolute Gasteiger partial charge is 0.454 e. The van der Waals surface area contributed by atoms with Gasteiger partial charge in [0, 0.05) is 22.9 Å². The van der Waals surface area contributed by atoms with Crippen molar-refractivity contribution in [2.24, 2.45) is 5.73 Å². The minimum absolute atomic E-state index is 0.0636. The second-order valence-electron chi connectivity index (χ2n) is 8.73. The Hall–Kier alpha value is -3.96. The Morgan fingerprint density at radius 1 is 0.879 bits per heavy atom. The summed E-state index contributed by atoms with van der Waals surface area (Å²) in [4.78, 5) is 13.9. The molecule has 2 aromatic heterocycles. The molecule has 0 spiro atoms. The average Bonchev–Trinajstić information content (AvgIpc) is 3.38. The molecule has 0 saturated heterocycles. The van der Waals surface area contributed by atoms with Crippen LogP contribution in [-0.4, -0.2) is 10.2 Å². The third-order valence-corrected chi connectivity index (χ3v) is 6.72. The van der Waals surface area contributed by atoms with Crippen molar-refractivity contribution in [2.75, 3.05) is 0 Å². The number of para-hydroxylation sites is 1. The van der Waals surface area contributed by atoms with Crippen LogP contribution in [0.15, 0.2) is 94.3 Å². The number of rotatable bonds is 4. The molecule has 2 heterocycles. The lowest BCUT2D eigenvalue weighted by Gasteiger charge is -2.38. The topological polar surface area (TPSA) is 84.9 Å². The van der Waals surface area contributed by atoms with Crippen LogP contribution in [0.25, 0.3) is 44.7 Å². The van der Waals surface area contributed by atoms with Crippen LogP contribution in [0, 0.1) is 0 Å². The molecule has 1 saturated carbocycles. The second kappa shape index (κ2) is 7.57. The van der Waals surface area contributed by atoms with Crippen molar-refractivity contribution in [3.8, 4) is 33.7 Å². The Labute approximate surface area is 190 Å². The second-order valence-corrected chi connectivity index (χ2v) is 8.73. The first kappa shape index (κ1) is 19.7. The van der Waals surface area contributed by atoms with E-state index in [1.807, 2.05) is 78.9 Å². The Balaban J connectivity index is 1.61. The van der Waals surface area contributed by atoms with E-state index in [9.17, 15) is 4.79 Å². The van der Waals surface area contributed by atoms with Gasteiger partial charge in [0.2, 0.25) is 5.43 Å². The van der Waals surface area contributed by atoms with Crippen molar-refractivity contribution >= 4 is 11.0 Å². The maximum Gasteiger partial charge on any atom is 0.201 e. The first-order valence-electron chi connectivity index (χ1n) is 11.2. The van der Waals surface area contributed by atoms with Gasteiger partial charge in [-0.25, -0.2) is 0 Å². The van der Waals surface area contributed by atoms with Gasteiger partial charge in [0.15, 0.2) is 0 Å². The molecule has 0 atom stereocenters. The molecule has 0 aliphatic heterocycles. The highest BCUT2D eigenvalue weighted by atomic mass is 16.3. The highest BCUT2D eigenvalue weighted by Crippen LogP contribution is 2.40. The quantitative estimate of drug-likeness (QED) is 0.372. The van der Waals surface area contributed by atoms with E-state index in [-0.39, 0.29) is 11.0 Å². The van der Waals surface area contributed by atoms with Crippen LogP contribution in [0.4, 0.5) is 0 Å². The predicted octanol–water partition coefficient (Wildman–Crippen LogP) is 5.86. The van der Waals surface area contributed by atoms with Crippen molar-refractivity contribution in [1.29, 1.82) is 0 Å². The average molecular weight is 434 g/mol. The fourth-order valence-corrected chi connectivity index (χ4v) is 4.70. The van der Waals surface area contributed by atoms with Crippen molar-refractivity contribution in [2.45, 2.75) is 24.8 Å². The molecule has 0 amide bonds. The zero-order valence-electron chi connectivity index (χ0n) is 18.0. The van der Waals surface area contributed by atoms with Crippen molar-refractivity contribution < 1.29 is 4.42 Å². The molecule has 5 heteroatoms. The summed E-state index contributed by atoms with van der Waals surface area (Å²) in [7, 11) is 0. The number of nitrogens with one attached hydrogen (secondary N) is 1. The first-order valence-corrected chi connectivity index (χ1v) is 11.2. The molecule has 3 N–H and O–H groups in total. The van der Waals surface area contributed by atoms with Crippen molar-refractivity contribution in [3.63, 3.8) is 0 Å². The number of hydrogen-bond donors (Lipinski definition) is 2. The molecule has 3 aromatic carbocycles. The van der Waals surface area contributed by atoms with E-state index in [1.165, 1.54) is 0 Å². The molecule has 1 aliphatic carbocycles. The third kappa shape index (κ3) is 3.20. The minimum atomic E-state index is -0.243. The van der Waals surface area contributed by atoms with Crippen LogP contribution in [0.3, 0.4) is 0 Å². The van der Waals surface area contributed by atoms with Gasteiger partial charge in [-0.2, -0.15) is 5.10 Å². The van der Waals surface area contributed by atoms with Gasteiger partial charge in [0.1, 0.15) is 11.3 Å². The number of fused-ring (bicyclic) bond motifs is 1. The van der Waals surface area contributed by atoms with Gasteiger partial charge >= 0.3 is 0 Å². The molecule has 1 fully saturated rings. The van der Waals surface area contributed by atoms with Gasteiger partial charge in [-0.3, -0.25) is 9.89 Å². The van der Waals surface area contributed by atoms with Gasteiger partial charge in [0.25, 0.3) is 0 Å². The molecule has 162 valence electrons. The van der Waals surface area contributed by atoms with Crippen LogP contribution in [0.2, 0.25) is 0 Å². The molecule has 5 nitrogen and oxygen atoms in total. The summed E-state index contributed by atoms with van der Waals surface area (Å²) in [5.41, 5.74) is 11.6. The number of aromatic nitrogens is 2. The van der Waals surface area contributed by atoms with E-state index in [2.05, 4.69) is 10.2 Å². The molecular weight excluding hydrogens is 410 g/mol. The fraction of sp³-hybridized carbons (Fsp3) is 0.143. The first-order chi connectivity index (χ1) is 16.1. The molecule has 5 aromatic rings. The summed E-state index contributed by atoms with van der Waals surface area (Å²) < 4.78 is 6.52. The van der Waals surface area contributed by atoms with Gasteiger partial charge < -0.3 is 10.2 Å². The molecule has 33 heavy (non-hydrogen) atoms. The van der Waals surface area contributed by atoms with Crippen molar-refractivity contribution in [1.82, 2.24) is 10.2 Å². The van der Waals surface area contributed by atoms with Gasteiger partial charge in [0.05, 0.1) is 16.6 Å². The van der Waals surface area contributed by atoms with E-state index in [0.717, 1.165) is 47.2 Å². The molecule has 0 radical (unpaired) electrons. The SMILES string of the molecule is NC1(c2ccc(-c3c(-c4ccccc4)oc4c(-c5cc[nH]n5)cccc4c3=O)cc2)CCC1. The lowest BCUT2D eigenvalue weighted by molar-refractivity contribution is 0.253. The number of aromatic amines is 1. The van der Waals surface area contributed by atoms with E-state index in [1.54, 1.807) is 6.20 Å². The summed E-state index contributed by atoms with van der Waals surface area (Å²) in [6.45, 7) is 0. The van der Waals surface area contributed by atoms with E-state index in [0.29, 0.717) is 22.3 Å². The highest BCUT2D eigenvalue weighted by Gasteiger charge is 2.34. The number of nitrogens with two attached hydrogens (primary N) is 1. The van der Waals surface area contributed by atoms with Gasteiger partial charge in [-0.05, 0) is 48.6 Å². The molecule has 6 rings (SSSR count). The number of H-pyrrole nitrogens is 1. The number of benzene rings is 3. The molecule has 0 bridgehead atoms. The van der Waals surface area contributed by atoms with Crippen molar-refractivity contribution in [3.05, 3.63) is 101 Å². The van der Waals surface area contributed by atoms with Crippen LogP contribution in [0.5, 0.6) is 0 Å². The summed E-state index contributed by atoms with van der Waals surface area (Å²) in [6, 6.07) is 25.3. The maximum absolute atomic E-state index is 13.9. The van der Waals surface area contributed by atoms with Gasteiger partial charge in [-0.1, -0.05) is 60.7 Å². The zero-order chi connectivity index (χ0) is 22.4. The van der Waals surface area contributed by atoms with E-state index >= 15 is 0 Å². The van der Waals surface area contributed by atoms with Crippen LogP contribution >= 0.6 is 0 Å². The van der Waals surface area contributed by atoms with E-state index < -0.39 is 0 Å². The summed E-state index contributed by atoms with van der Waals surface area (Å²) in [5, 5.41) is 7.67. The molecule has 1 aliphatic rings. The van der Waals surface area contributed by atoms with Crippen LogP contribution in [0.1, 0.15) is 24.8 Å². The lowest BCUT2D eigenvalue weighted by atomic mass is 9.72. The summed E-state index contributed by atoms with van der Waals surface area (Å²) in [6.07, 6.45) is 4.90. The van der Waals surface area contributed by atoms with Crippen LogP contribution in [-0.2, 0) is 5.54 Å². The van der Waals surface area contributed by atoms with Crippen LogP contribution < -0.4 is 11.2 Å². The minimum Gasteiger partial charge on any atom is -0.454 e. The molecule has 0 unspecified atom stereocenters. The lowest BCUT2D eigenvalue weighted by Crippen LogP contribution is -2.43. The monoisotopic (exact) mass is 433 g/mol.